The molecule has 0 amide bonds. The maximum atomic E-state index is 5.58. The van der Waals surface area contributed by atoms with Crippen LogP contribution < -0.4 is 10.6 Å². The average molecular weight is 320 g/mol. The van der Waals surface area contributed by atoms with Crippen LogP contribution in [0.4, 0.5) is 0 Å². The van der Waals surface area contributed by atoms with Gasteiger partial charge in [-0.3, -0.25) is 4.99 Å². The van der Waals surface area contributed by atoms with Crippen molar-refractivity contribution in [1.82, 2.24) is 15.2 Å². The number of aliphatic imine (C=N–C) groups is 1. The van der Waals surface area contributed by atoms with E-state index in [1.54, 1.807) is 0 Å². The predicted octanol–water partition coefficient (Wildman–Crippen LogP) is 2.64. The number of nitrogens with zero attached hydrogens (tertiary/aromatic N) is 2. The highest BCUT2D eigenvalue weighted by Crippen LogP contribution is 2.40. The lowest BCUT2D eigenvalue weighted by atomic mass is 9.83. The molecule has 23 heavy (non-hydrogen) atoms. The van der Waals surface area contributed by atoms with Gasteiger partial charge in [-0.25, -0.2) is 0 Å². The van der Waals surface area contributed by atoms with Crippen LogP contribution in [0.5, 0.6) is 0 Å². The van der Waals surface area contributed by atoms with Crippen molar-refractivity contribution in [2.75, 3.05) is 33.4 Å². The zero-order valence-corrected chi connectivity index (χ0v) is 14.7. The first kappa shape index (κ1) is 17.9. The molecular formula is C18H32N4O. The van der Waals surface area contributed by atoms with E-state index in [1.807, 2.05) is 7.05 Å². The summed E-state index contributed by atoms with van der Waals surface area (Å²) < 4.78 is 7.75. The minimum atomic E-state index is 0.382. The second-order valence-electron chi connectivity index (χ2n) is 6.43. The largest absolute Gasteiger partial charge is 0.382 e. The molecule has 0 bridgehead atoms. The Labute approximate surface area is 140 Å². The number of aromatic nitrogens is 1. The van der Waals surface area contributed by atoms with Gasteiger partial charge in [-0.15, -0.1) is 0 Å². The summed E-state index contributed by atoms with van der Waals surface area (Å²) in [6.45, 7) is 6.56. The van der Waals surface area contributed by atoms with E-state index < -0.39 is 0 Å². The molecule has 0 radical (unpaired) electrons. The van der Waals surface area contributed by atoms with Gasteiger partial charge in [-0.05, 0) is 43.7 Å². The number of guanidine groups is 1. The van der Waals surface area contributed by atoms with Gasteiger partial charge >= 0.3 is 0 Å². The molecule has 1 aliphatic rings. The number of rotatable bonds is 9. The fourth-order valence-corrected chi connectivity index (χ4v) is 3.39. The van der Waals surface area contributed by atoms with Gasteiger partial charge < -0.3 is 19.9 Å². The maximum Gasteiger partial charge on any atom is 0.191 e. The van der Waals surface area contributed by atoms with Gasteiger partial charge in [-0.2, -0.15) is 0 Å². The topological polar surface area (TPSA) is 50.6 Å². The summed E-state index contributed by atoms with van der Waals surface area (Å²) in [4.78, 5) is 4.35. The lowest BCUT2D eigenvalue weighted by molar-refractivity contribution is 0.105. The van der Waals surface area contributed by atoms with Crippen molar-refractivity contribution in [3.63, 3.8) is 0 Å². The second-order valence-corrected chi connectivity index (χ2v) is 6.43. The van der Waals surface area contributed by atoms with Crippen LogP contribution in [0.25, 0.3) is 0 Å². The van der Waals surface area contributed by atoms with Gasteiger partial charge in [0.2, 0.25) is 0 Å². The second kappa shape index (κ2) is 9.60. The monoisotopic (exact) mass is 320 g/mol. The third-order valence-electron chi connectivity index (χ3n) is 4.83. The van der Waals surface area contributed by atoms with Gasteiger partial charge in [0.05, 0.1) is 0 Å². The molecule has 1 aliphatic carbocycles. The van der Waals surface area contributed by atoms with Crippen molar-refractivity contribution in [2.24, 2.45) is 10.4 Å². The Kier molecular flexibility index (Phi) is 7.46. The molecular weight excluding hydrogens is 288 g/mol. The number of nitrogens with one attached hydrogen (secondary N) is 2. The molecule has 1 aromatic rings. The van der Waals surface area contributed by atoms with Crippen LogP contribution in [0, 0.1) is 5.41 Å². The molecule has 1 saturated carbocycles. The first-order valence-electron chi connectivity index (χ1n) is 8.91. The van der Waals surface area contributed by atoms with E-state index in [9.17, 15) is 0 Å². The van der Waals surface area contributed by atoms with Crippen LogP contribution in [-0.4, -0.2) is 43.9 Å². The van der Waals surface area contributed by atoms with Crippen molar-refractivity contribution in [1.29, 1.82) is 0 Å². The molecule has 0 unspecified atom stereocenters. The predicted molar refractivity (Wildman–Crippen MR) is 95.8 cm³/mol. The highest BCUT2D eigenvalue weighted by Gasteiger charge is 2.33. The van der Waals surface area contributed by atoms with Gasteiger partial charge in [-0.1, -0.05) is 12.8 Å². The van der Waals surface area contributed by atoms with E-state index in [2.05, 4.69) is 51.6 Å². The zero-order valence-electron chi connectivity index (χ0n) is 14.7. The first-order valence-corrected chi connectivity index (χ1v) is 8.91. The van der Waals surface area contributed by atoms with Crippen LogP contribution in [0.1, 0.15) is 39.0 Å². The molecule has 0 aliphatic heterocycles. The van der Waals surface area contributed by atoms with Crippen LogP contribution >= 0.6 is 0 Å². The van der Waals surface area contributed by atoms with Crippen molar-refractivity contribution >= 4 is 5.96 Å². The molecule has 130 valence electrons. The standard InChI is InChI=1S/C18H32N4O/c1-3-23-15-10-18(8-4-5-9-18)16-21-17(19-2)20-11-14-22-12-6-7-13-22/h6-7,12-13H,3-5,8-11,14-16H2,1-2H3,(H2,19,20,21). The summed E-state index contributed by atoms with van der Waals surface area (Å²) in [5, 5.41) is 6.94. The Morgan fingerprint density at radius 2 is 1.96 bits per heavy atom. The summed E-state index contributed by atoms with van der Waals surface area (Å²) in [6, 6.07) is 4.10. The van der Waals surface area contributed by atoms with Gasteiger partial charge in [0, 0.05) is 52.3 Å². The molecule has 0 saturated heterocycles. The minimum Gasteiger partial charge on any atom is -0.382 e. The fourth-order valence-electron chi connectivity index (χ4n) is 3.39. The molecule has 1 fully saturated rings. The quantitative estimate of drug-likeness (QED) is 0.418. The molecule has 2 N–H and O–H groups in total. The molecule has 1 heterocycles. The Morgan fingerprint density at radius 3 is 2.61 bits per heavy atom. The smallest absolute Gasteiger partial charge is 0.191 e. The molecule has 1 aromatic heterocycles. The minimum absolute atomic E-state index is 0.382. The fraction of sp³-hybridized carbons (Fsp3) is 0.722. The summed E-state index contributed by atoms with van der Waals surface area (Å²) in [5.74, 6) is 0.903. The molecule has 5 heteroatoms. The molecule has 0 aromatic carbocycles. The van der Waals surface area contributed by atoms with Crippen LogP contribution in [0.3, 0.4) is 0 Å². The number of ether oxygens (including phenoxy) is 1. The summed E-state index contributed by atoms with van der Waals surface area (Å²) in [7, 11) is 1.84. The molecule has 0 spiro atoms. The van der Waals surface area contributed by atoms with Crippen molar-refractivity contribution in [2.45, 2.75) is 45.6 Å². The van der Waals surface area contributed by atoms with Crippen molar-refractivity contribution in [3.05, 3.63) is 24.5 Å². The summed E-state index contributed by atoms with van der Waals surface area (Å²) >= 11 is 0. The van der Waals surface area contributed by atoms with Crippen LogP contribution in [0.15, 0.2) is 29.5 Å². The van der Waals surface area contributed by atoms with E-state index in [0.29, 0.717) is 5.41 Å². The lowest BCUT2D eigenvalue weighted by Crippen LogP contribution is -2.44. The van der Waals surface area contributed by atoms with E-state index in [4.69, 9.17) is 4.74 Å². The van der Waals surface area contributed by atoms with Crippen LogP contribution in [-0.2, 0) is 11.3 Å². The average Bonchev–Trinajstić information content (AvgIpc) is 3.23. The van der Waals surface area contributed by atoms with E-state index >= 15 is 0 Å². The highest BCUT2D eigenvalue weighted by atomic mass is 16.5. The van der Waals surface area contributed by atoms with E-state index in [0.717, 1.165) is 45.2 Å². The Morgan fingerprint density at radius 1 is 1.22 bits per heavy atom. The Hall–Kier alpha value is -1.49. The van der Waals surface area contributed by atoms with Gasteiger partial charge in [0.25, 0.3) is 0 Å². The summed E-state index contributed by atoms with van der Waals surface area (Å²) in [6.07, 6.45) is 10.6. The third kappa shape index (κ3) is 5.90. The van der Waals surface area contributed by atoms with Gasteiger partial charge in [0.1, 0.15) is 0 Å². The zero-order chi connectivity index (χ0) is 16.4. The molecule has 2 rings (SSSR count). The summed E-state index contributed by atoms with van der Waals surface area (Å²) in [5.41, 5.74) is 0.382. The van der Waals surface area contributed by atoms with Crippen LogP contribution in [0.2, 0.25) is 0 Å². The first-order chi connectivity index (χ1) is 11.3. The Bertz CT molecular complexity index is 450. The van der Waals surface area contributed by atoms with Crippen molar-refractivity contribution < 1.29 is 4.74 Å². The molecule has 5 nitrogen and oxygen atoms in total. The third-order valence-corrected chi connectivity index (χ3v) is 4.83. The SMILES string of the molecule is CCOCCC1(CNC(=NC)NCCn2cccc2)CCCC1. The Balaban J connectivity index is 1.73. The maximum absolute atomic E-state index is 5.58. The van der Waals surface area contributed by atoms with Crippen molar-refractivity contribution in [3.8, 4) is 0 Å². The lowest BCUT2D eigenvalue weighted by Gasteiger charge is -2.30. The number of hydrogen-bond donors (Lipinski definition) is 2. The number of hydrogen-bond acceptors (Lipinski definition) is 2. The molecule has 0 atom stereocenters. The van der Waals surface area contributed by atoms with E-state index in [1.165, 1.54) is 25.7 Å². The normalized spacial score (nSPS) is 17.4. The van der Waals surface area contributed by atoms with E-state index in [-0.39, 0.29) is 0 Å². The van der Waals surface area contributed by atoms with Gasteiger partial charge in [0.15, 0.2) is 5.96 Å². The highest BCUT2D eigenvalue weighted by molar-refractivity contribution is 5.79.